The van der Waals surface area contributed by atoms with Crippen LogP contribution in [0.5, 0.6) is 5.75 Å². The number of methoxy groups -OCH3 is 1. The first-order valence-electron chi connectivity index (χ1n) is 11.5. The van der Waals surface area contributed by atoms with Gasteiger partial charge >= 0.3 is 5.97 Å². The third-order valence-corrected chi connectivity index (χ3v) is 6.70. The number of furan rings is 1. The molecule has 37 heavy (non-hydrogen) atoms. The molecule has 2 amide bonds. The number of carbonyl (C=O) groups is 3. The third-order valence-electron chi connectivity index (χ3n) is 5.40. The molecule has 0 radical (unpaired) electrons. The summed E-state index contributed by atoms with van der Waals surface area (Å²) in [6.07, 6.45) is 3.35. The summed E-state index contributed by atoms with van der Waals surface area (Å²) in [6, 6.07) is 16.9. The largest absolute Gasteiger partial charge is 0.497 e. The van der Waals surface area contributed by atoms with E-state index >= 15 is 0 Å². The minimum Gasteiger partial charge on any atom is -0.497 e. The van der Waals surface area contributed by atoms with Gasteiger partial charge in [0.25, 0.3) is 11.8 Å². The second kappa shape index (κ2) is 11.9. The van der Waals surface area contributed by atoms with Crippen LogP contribution in [0.2, 0.25) is 0 Å². The summed E-state index contributed by atoms with van der Waals surface area (Å²) < 4.78 is 16.4. The van der Waals surface area contributed by atoms with Gasteiger partial charge in [0.15, 0.2) is 4.32 Å². The Balaban J connectivity index is 1.41. The molecule has 1 fully saturated rings. The van der Waals surface area contributed by atoms with Gasteiger partial charge in [0.05, 0.1) is 24.2 Å². The SMILES string of the molecule is CCCCOC(=O)c1ccc(-c2ccc(/C=C3/SC(=S)N(NC(=O)c4ccc(OC)cc4)C3=O)o2)cc1. The van der Waals surface area contributed by atoms with Crippen molar-refractivity contribution >= 4 is 52.2 Å². The van der Waals surface area contributed by atoms with E-state index in [-0.39, 0.29) is 10.3 Å². The number of hydrogen-bond acceptors (Lipinski definition) is 8. The van der Waals surface area contributed by atoms with Gasteiger partial charge in [-0.25, -0.2) is 4.79 Å². The Labute approximate surface area is 223 Å². The second-order valence-electron chi connectivity index (χ2n) is 7.96. The van der Waals surface area contributed by atoms with Crippen molar-refractivity contribution in [2.75, 3.05) is 13.7 Å². The highest BCUT2D eigenvalue weighted by atomic mass is 32.2. The second-order valence-corrected chi connectivity index (χ2v) is 9.63. The molecule has 1 aromatic heterocycles. The summed E-state index contributed by atoms with van der Waals surface area (Å²) >= 11 is 6.35. The van der Waals surface area contributed by atoms with Crippen LogP contribution in [0.15, 0.2) is 70.0 Å². The number of nitrogens with zero attached hydrogens (tertiary/aromatic N) is 1. The average Bonchev–Trinajstić information content (AvgIpc) is 3.49. The smallest absolute Gasteiger partial charge is 0.338 e. The van der Waals surface area contributed by atoms with Crippen molar-refractivity contribution < 1.29 is 28.3 Å². The van der Waals surface area contributed by atoms with Crippen molar-refractivity contribution in [2.45, 2.75) is 19.8 Å². The standard InChI is InChI=1S/C27H24N2O6S2/c1-3-4-15-34-26(32)19-7-5-17(6-8-19)22-14-13-21(35-22)16-23-25(31)29(27(36)37-23)28-24(30)18-9-11-20(33-2)12-10-18/h5-14,16H,3-4,15H2,1-2H3,(H,28,30)/b23-16+. The number of hydrazine groups is 1. The molecule has 0 bridgehead atoms. The van der Waals surface area contributed by atoms with Gasteiger partial charge in [0.2, 0.25) is 0 Å². The molecule has 0 spiro atoms. The van der Waals surface area contributed by atoms with Crippen LogP contribution >= 0.6 is 24.0 Å². The number of unbranched alkanes of at least 4 members (excludes halogenated alkanes) is 1. The quantitative estimate of drug-likeness (QED) is 0.167. The lowest BCUT2D eigenvalue weighted by molar-refractivity contribution is -0.123. The molecule has 1 N–H and O–H groups in total. The highest BCUT2D eigenvalue weighted by molar-refractivity contribution is 8.26. The van der Waals surface area contributed by atoms with Crippen molar-refractivity contribution in [2.24, 2.45) is 0 Å². The third kappa shape index (κ3) is 6.28. The number of hydrogen-bond donors (Lipinski definition) is 1. The van der Waals surface area contributed by atoms with Gasteiger partial charge in [-0.15, -0.1) is 0 Å². The first kappa shape index (κ1) is 26.2. The van der Waals surface area contributed by atoms with E-state index in [0.29, 0.717) is 39.9 Å². The van der Waals surface area contributed by atoms with Crippen LogP contribution < -0.4 is 10.2 Å². The maximum Gasteiger partial charge on any atom is 0.338 e. The summed E-state index contributed by atoms with van der Waals surface area (Å²) in [4.78, 5) is 37.9. The molecule has 2 heterocycles. The lowest BCUT2D eigenvalue weighted by Crippen LogP contribution is -2.44. The van der Waals surface area contributed by atoms with Crippen molar-refractivity contribution in [3.05, 3.63) is 82.5 Å². The molecule has 4 rings (SSSR count). The Kier molecular flexibility index (Phi) is 8.42. The van der Waals surface area contributed by atoms with Crippen LogP contribution in [0, 0.1) is 0 Å². The van der Waals surface area contributed by atoms with Crippen molar-refractivity contribution in [1.29, 1.82) is 0 Å². The molecule has 8 nitrogen and oxygen atoms in total. The van der Waals surface area contributed by atoms with Crippen molar-refractivity contribution in [3.63, 3.8) is 0 Å². The first-order chi connectivity index (χ1) is 17.9. The number of thioether (sulfide) groups is 1. The Bertz CT molecular complexity index is 1350. The minimum atomic E-state index is -0.474. The zero-order chi connectivity index (χ0) is 26.4. The van der Waals surface area contributed by atoms with Gasteiger partial charge in [-0.1, -0.05) is 37.2 Å². The molecule has 190 valence electrons. The zero-order valence-electron chi connectivity index (χ0n) is 20.2. The lowest BCUT2D eigenvalue weighted by atomic mass is 10.1. The molecule has 1 aliphatic rings. The Morgan fingerprint density at radius 1 is 1.05 bits per heavy atom. The Morgan fingerprint density at radius 2 is 1.76 bits per heavy atom. The molecule has 1 aliphatic heterocycles. The number of rotatable bonds is 9. The number of carbonyl (C=O) groups excluding carboxylic acids is 3. The van der Waals surface area contributed by atoms with Crippen LogP contribution in [0.4, 0.5) is 0 Å². The van der Waals surface area contributed by atoms with E-state index in [0.717, 1.165) is 35.2 Å². The van der Waals surface area contributed by atoms with E-state index in [1.165, 1.54) is 7.11 Å². The van der Waals surface area contributed by atoms with Gasteiger partial charge in [-0.3, -0.25) is 15.0 Å². The highest BCUT2D eigenvalue weighted by Gasteiger charge is 2.34. The number of ether oxygens (including phenoxy) is 2. The van der Waals surface area contributed by atoms with Gasteiger partial charge in [0, 0.05) is 17.2 Å². The predicted molar refractivity (Wildman–Crippen MR) is 145 cm³/mol. The topological polar surface area (TPSA) is 98.1 Å². The van der Waals surface area contributed by atoms with Crippen LogP contribution in [0.1, 0.15) is 46.2 Å². The zero-order valence-corrected chi connectivity index (χ0v) is 21.8. The fourth-order valence-electron chi connectivity index (χ4n) is 3.35. The van der Waals surface area contributed by atoms with E-state index in [4.69, 9.17) is 26.1 Å². The molecule has 3 aromatic rings. The van der Waals surface area contributed by atoms with E-state index in [1.807, 2.05) is 6.92 Å². The van der Waals surface area contributed by atoms with Gasteiger partial charge < -0.3 is 13.9 Å². The number of benzene rings is 2. The fourth-order valence-corrected chi connectivity index (χ4v) is 4.51. The van der Waals surface area contributed by atoms with Gasteiger partial charge in [-0.2, -0.15) is 5.01 Å². The summed E-state index contributed by atoms with van der Waals surface area (Å²) in [6.45, 7) is 2.43. The molecular formula is C27H24N2O6S2. The number of thiocarbonyl (C=S) groups is 1. The van der Waals surface area contributed by atoms with E-state index < -0.39 is 11.8 Å². The van der Waals surface area contributed by atoms with Crippen LogP contribution in [-0.4, -0.2) is 40.8 Å². The van der Waals surface area contributed by atoms with Gasteiger partial charge in [0.1, 0.15) is 17.3 Å². The Hall–Kier alpha value is -3.89. The fraction of sp³-hybridized carbons (Fsp3) is 0.185. The molecule has 0 saturated carbocycles. The predicted octanol–water partition coefficient (Wildman–Crippen LogP) is 5.46. The number of esters is 1. The van der Waals surface area contributed by atoms with Crippen LogP contribution in [0.3, 0.4) is 0 Å². The van der Waals surface area contributed by atoms with Crippen molar-refractivity contribution in [3.8, 4) is 17.1 Å². The molecule has 2 aromatic carbocycles. The molecule has 10 heteroatoms. The molecule has 0 atom stereocenters. The van der Waals surface area contributed by atoms with Gasteiger partial charge in [-0.05, 0) is 67.2 Å². The van der Waals surface area contributed by atoms with E-state index in [2.05, 4.69) is 5.43 Å². The maximum atomic E-state index is 12.9. The summed E-state index contributed by atoms with van der Waals surface area (Å²) in [7, 11) is 1.53. The maximum absolute atomic E-state index is 12.9. The summed E-state index contributed by atoms with van der Waals surface area (Å²) in [5.74, 6) is 0.337. The van der Waals surface area contributed by atoms with Crippen molar-refractivity contribution in [1.82, 2.24) is 10.4 Å². The van der Waals surface area contributed by atoms with E-state index in [1.54, 1.807) is 66.7 Å². The normalized spacial score (nSPS) is 14.2. The van der Waals surface area contributed by atoms with Crippen LogP contribution in [0.25, 0.3) is 17.4 Å². The average molecular weight is 537 g/mol. The molecule has 0 aliphatic carbocycles. The molecule has 0 unspecified atom stereocenters. The summed E-state index contributed by atoms with van der Waals surface area (Å²) in [5.41, 5.74) is 4.13. The van der Waals surface area contributed by atoms with E-state index in [9.17, 15) is 14.4 Å². The molecule has 1 saturated heterocycles. The monoisotopic (exact) mass is 536 g/mol. The minimum absolute atomic E-state index is 0.200. The Morgan fingerprint density at radius 3 is 2.43 bits per heavy atom. The highest BCUT2D eigenvalue weighted by Crippen LogP contribution is 2.33. The van der Waals surface area contributed by atoms with Crippen LogP contribution in [-0.2, 0) is 9.53 Å². The summed E-state index contributed by atoms with van der Waals surface area (Å²) in [5, 5.41) is 1.04. The first-order valence-corrected chi connectivity index (χ1v) is 12.7. The number of nitrogens with one attached hydrogen (secondary N) is 1. The molecular weight excluding hydrogens is 512 g/mol. The lowest BCUT2D eigenvalue weighted by Gasteiger charge is -2.15. The number of amides is 2.